The largest absolute Gasteiger partial charge is 0.332 e. The third-order valence-corrected chi connectivity index (χ3v) is 5.43. The molecule has 0 aliphatic carbocycles. The number of rotatable bonds is 4. The van der Waals surface area contributed by atoms with Crippen molar-refractivity contribution in [2.75, 3.05) is 18.4 Å². The van der Waals surface area contributed by atoms with Crippen molar-refractivity contribution in [2.24, 2.45) is 5.92 Å². The maximum Gasteiger partial charge on any atom is 0.266 e. The SMILES string of the molecule is O=C(Nc1cc(Cl)ccn1)C1CN(C(=O)c2cc(F)cc(-c3ccncc3)c2)CC(F)(F)C1. The number of pyridine rings is 2. The van der Waals surface area contributed by atoms with Gasteiger partial charge in [-0.2, -0.15) is 0 Å². The second-order valence-electron chi connectivity index (χ2n) is 7.76. The first-order chi connectivity index (χ1) is 15.7. The summed E-state index contributed by atoms with van der Waals surface area (Å²) in [6, 6.07) is 9.83. The van der Waals surface area contributed by atoms with Crippen molar-refractivity contribution in [1.29, 1.82) is 0 Å². The molecule has 1 atom stereocenters. The van der Waals surface area contributed by atoms with Crippen molar-refractivity contribution in [2.45, 2.75) is 12.3 Å². The molecule has 0 radical (unpaired) electrons. The van der Waals surface area contributed by atoms with Gasteiger partial charge in [0.25, 0.3) is 11.8 Å². The number of benzene rings is 1. The van der Waals surface area contributed by atoms with E-state index in [0.717, 1.165) is 11.0 Å². The molecular weight excluding hydrogens is 457 g/mol. The fourth-order valence-electron chi connectivity index (χ4n) is 3.74. The van der Waals surface area contributed by atoms with Gasteiger partial charge in [0.2, 0.25) is 5.91 Å². The molecule has 3 heterocycles. The molecule has 1 N–H and O–H groups in total. The minimum Gasteiger partial charge on any atom is -0.332 e. The van der Waals surface area contributed by atoms with Crippen LogP contribution in [0.2, 0.25) is 5.02 Å². The van der Waals surface area contributed by atoms with Crippen LogP contribution in [-0.4, -0.2) is 45.7 Å². The average Bonchev–Trinajstić information content (AvgIpc) is 2.77. The molecular formula is C23H18ClF3N4O2. The van der Waals surface area contributed by atoms with Crippen LogP contribution in [0.25, 0.3) is 11.1 Å². The zero-order valence-electron chi connectivity index (χ0n) is 17.1. The standard InChI is InChI=1S/C23H18ClF3N4O2/c24-18-3-6-29-20(10-18)30-21(32)17-11-23(26,27)13-31(12-17)22(33)16-7-15(8-19(25)9-16)14-1-4-28-5-2-14/h1-10,17H,11-13H2,(H,29,30,32). The smallest absolute Gasteiger partial charge is 0.266 e. The van der Waals surface area contributed by atoms with Gasteiger partial charge < -0.3 is 10.2 Å². The molecule has 1 aliphatic rings. The molecule has 3 aromatic rings. The Morgan fingerprint density at radius 1 is 1.06 bits per heavy atom. The van der Waals surface area contributed by atoms with E-state index in [2.05, 4.69) is 15.3 Å². The van der Waals surface area contributed by atoms with E-state index in [1.54, 1.807) is 12.1 Å². The number of halogens is 4. The van der Waals surface area contributed by atoms with Crippen LogP contribution in [-0.2, 0) is 4.79 Å². The molecule has 10 heteroatoms. The number of nitrogens with one attached hydrogen (secondary N) is 1. The Kier molecular flexibility index (Phi) is 6.33. The highest BCUT2D eigenvalue weighted by molar-refractivity contribution is 6.30. The van der Waals surface area contributed by atoms with Gasteiger partial charge in [-0.15, -0.1) is 0 Å². The molecule has 0 bridgehead atoms. The molecule has 0 saturated carbocycles. The lowest BCUT2D eigenvalue weighted by atomic mass is 9.93. The van der Waals surface area contributed by atoms with Crippen LogP contribution in [0.1, 0.15) is 16.8 Å². The van der Waals surface area contributed by atoms with Crippen molar-refractivity contribution >= 4 is 29.2 Å². The Bertz CT molecular complexity index is 1190. The summed E-state index contributed by atoms with van der Waals surface area (Å²) in [5.74, 6) is -6.55. The Hall–Kier alpha value is -3.46. The van der Waals surface area contributed by atoms with Gasteiger partial charge in [0, 0.05) is 42.1 Å². The molecule has 1 unspecified atom stereocenters. The van der Waals surface area contributed by atoms with Crippen molar-refractivity contribution in [3.63, 3.8) is 0 Å². The van der Waals surface area contributed by atoms with Gasteiger partial charge in [-0.25, -0.2) is 18.2 Å². The number of nitrogens with zero attached hydrogens (tertiary/aromatic N) is 3. The summed E-state index contributed by atoms with van der Waals surface area (Å²) in [4.78, 5) is 34.4. The van der Waals surface area contributed by atoms with E-state index in [0.29, 0.717) is 16.1 Å². The number of carbonyl (C=O) groups excluding carboxylic acids is 2. The Balaban J connectivity index is 1.56. The van der Waals surface area contributed by atoms with Gasteiger partial charge in [-0.3, -0.25) is 14.6 Å². The minimum absolute atomic E-state index is 0.0878. The monoisotopic (exact) mass is 474 g/mol. The van der Waals surface area contributed by atoms with E-state index >= 15 is 0 Å². The van der Waals surface area contributed by atoms with E-state index in [9.17, 15) is 22.8 Å². The number of hydrogen-bond donors (Lipinski definition) is 1. The Labute approximate surface area is 192 Å². The van der Waals surface area contributed by atoms with Gasteiger partial charge in [0.05, 0.1) is 12.5 Å². The van der Waals surface area contributed by atoms with Crippen molar-refractivity contribution < 1.29 is 22.8 Å². The topological polar surface area (TPSA) is 75.2 Å². The normalized spacial score (nSPS) is 17.5. The lowest BCUT2D eigenvalue weighted by Gasteiger charge is -2.37. The summed E-state index contributed by atoms with van der Waals surface area (Å²) in [7, 11) is 0. The lowest BCUT2D eigenvalue weighted by molar-refractivity contribution is -0.130. The number of amides is 2. The van der Waals surface area contributed by atoms with Gasteiger partial charge in [0.15, 0.2) is 0 Å². The first kappa shape index (κ1) is 22.7. The van der Waals surface area contributed by atoms with Crippen LogP contribution in [0.5, 0.6) is 0 Å². The van der Waals surface area contributed by atoms with Crippen molar-refractivity contribution in [1.82, 2.24) is 14.9 Å². The fourth-order valence-corrected chi connectivity index (χ4v) is 3.90. The van der Waals surface area contributed by atoms with E-state index in [1.807, 2.05) is 0 Å². The second kappa shape index (κ2) is 9.19. The first-order valence-electron chi connectivity index (χ1n) is 10.0. The van der Waals surface area contributed by atoms with Crippen molar-refractivity contribution in [3.8, 4) is 11.1 Å². The summed E-state index contributed by atoms with van der Waals surface area (Å²) < 4.78 is 43.2. The number of carbonyl (C=O) groups is 2. The summed E-state index contributed by atoms with van der Waals surface area (Å²) in [6.45, 7) is -1.12. The maximum absolute atomic E-state index is 14.5. The maximum atomic E-state index is 14.5. The fraction of sp³-hybridized carbons (Fsp3) is 0.217. The van der Waals surface area contributed by atoms with E-state index < -0.39 is 42.4 Å². The van der Waals surface area contributed by atoms with Crippen LogP contribution < -0.4 is 5.32 Å². The number of likely N-dealkylation sites (tertiary alicyclic amines) is 1. The summed E-state index contributed by atoms with van der Waals surface area (Å²) in [6.07, 6.45) is 3.68. The summed E-state index contributed by atoms with van der Waals surface area (Å²) in [5, 5.41) is 2.78. The Morgan fingerprint density at radius 2 is 1.82 bits per heavy atom. The molecule has 2 amide bonds. The number of alkyl halides is 2. The molecule has 33 heavy (non-hydrogen) atoms. The highest BCUT2D eigenvalue weighted by Gasteiger charge is 2.44. The quantitative estimate of drug-likeness (QED) is 0.596. The zero-order chi connectivity index (χ0) is 23.6. The van der Waals surface area contributed by atoms with Crippen LogP contribution in [0.15, 0.2) is 61.1 Å². The number of aromatic nitrogens is 2. The Morgan fingerprint density at radius 3 is 2.55 bits per heavy atom. The molecule has 6 nitrogen and oxygen atoms in total. The average molecular weight is 475 g/mol. The number of anilines is 1. The van der Waals surface area contributed by atoms with Gasteiger partial charge >= 0.3 is 0 Å². The first-order valence-corrected chi connectivity index (χ1v) is 10.4. The third kappa shape index (κ3) is 5.48. The molecule has 4 rings (SSSR count). The molecule has 1 fully saturated rings. The lowest BCUT2D eigenvalue weighted by Crippen LogP contribution is -2.52. The summed E-state index contributed by atoms with van der Waals surface area (Å²) in [5.41, 5.74) is 0.940. The third-order valence-electron chi connectivity index (χ3n) is 5.20. The van der Waals surface area contributed by atoms with Gasteiger partial charge in [0.1, 0.15) is 11.6 Å². The van der Waals surface area contributed by atoms with E-state index in [4.69, 9.17) is 11.6 Å². The van der Waals surface area contributed by atoms with E-state index in [-0.39, 0.29) is 17.9 Å². The molecule has 170 valence electrons. The predicted octanol–water partition coefficient (Wildman–Crippen LogP) is 4.67. The summed E-state index contributed by atoms with van der Waals surface area (Å²) >= 11 is 5.86. The van der Waals surface area contributed by atoms with Crippen LogP contribution in [0, 0.1) is 11.7 Å². The molecule has 1 saturated heterocycles. The number of hydrogen-bond acceptors (Lipinski definition) is 4. The van der Waals surface area contributed by atoms with Crippen molar-refractivity contribution in [3.05, 3.63) is 77.5 Å². The minimum atomic E-state index is -3.29. The number of piperidine rings is 1. The van der Waals surface area contributed by atoms with Crippen LogP contribution >= 0.6 is 11.6 Å². The molecule has 1 aliphatic heterocycles. The molecule has 2 aromatic heterocycles. The van der Waals surface area contributed by atoms with E-state index in [1.165, 1.54) is 42.9 Å². The molecule has 0 spiro atoms. The highest BCUT2D eigenvalue weighted by atomic mass is 35.5. The van der Waals surface area contributed by atoms with Crippen LogP contribution in [0.3, 0.4) is 0 Å². The van der Waals surface area contributed by atoms with Crippen LogP contribution in [0.4, 0.5) is 19.0 Å². The van der Waals surface area contributed by atoms with Gasteiger partial charge in [-0.05, 0) is 53.6 Å². The zero-order valence-corrected chi connectivity index (χ0v) is 17.9. The molecule has 1 aromatic carbocycles. The second-order valence-corrected chi connectivity index (χ2v) is 8.19. The predicted molar refractivity (Wildman–Crippen MR) is 116 cm³/mol. The van der Waals surface area contributed by atoms with Gasteiger partial charge in [-0.1, -0.05) is 11.6 Å². The highest BCUT2D eigenvalue weighted by Crippen LogP contribution is 2.32.